The third kappa shape index (κ3) is 2.82. The van der Waals surface area contributed by atoms with Gasteiger partial charge in [-0.1, -0.05) is 39.1 Å². The molecular weight excluding hydrogens is 474 g/mol. The van der Waals surface area contributed by atoms with Crippen LogP contribution in [0.15, 0.2) is 30.3 Å². The first kappa shape index (κ1) is 14.9. The van der Waals surface area contributed by atoms with Gasteiger partial charge in [0.2, 0.25) is 0 Å². The van der Waals surface area contributed by atoms with Crippen molar-refractivity contribution in [3.63, 3.8) is 0 Å². The van der Waals surface area contributed by atoms with E-state index in [4.69, 9.17) is 27.9 Å². The van der Waals surface area contributed by atoms with E-state index < -0.39 is 0 Å². The van der Waals surface area contributed by atoms with Crippen LogP contribution in [0.3, 0.4) is 0 Å². The van der Waals surface area contributed by atoms with Gasteiger partial charge < -0.3 is 4.74 Å². The molecule has 0 amide bonds. The summed E-state index contributed by atoms with van der Waals surface area (Å²) >= 11 is 18.4. The molecule has 20 heavy (non-hydrogen) atoms. The van der Waals surface area contributed by atoms with Crippen molar-refractivity contribution >= 4 is 61.7 Å². The molecule has 1 aliphatic rings. The van der Waals surface area contributed by atoms with Crippen LogP contribution in [0.1, 0.15) is 21.5 Å². The van der Waals surface area contributed by atoms with Crippen LogP contribution in [0.25, 0.3) is 0 Å². The summed E-state index contributed by atoms with van der Waals surface area (Å²) in [4.78, 5) is 0.0126. The molecule has 1 heterocycles. The van der Waals surface area contributed by atoms with Gasteiger partial charge in [-0.2, -0.15) is 0 Å². The molecular formula is C15H10BrCl2IO. The van der Waals surface area contributed by atoms with E-state index in [0.29, 0.717) is 0 Å². The fourth-order valence-corrected chi connectivity index (χ4v) is 4.59. The van der Waals surface area contributed by atoms with Crippen molar-refractivity contribution in [1.29, 1.82) is 0 Å². The van der Waals surface area contributed by atoms with Crippen molar-refractivity contribution in [3.05, 3.63) is 60.6 Å². The van der Waals surface area contributed by atoms with Crippen molar-refractivity contribution in [3.8, 4) is 5.75 Å². The molecule has 0 saturated carbocycles. The molecule has 0 spiro atoms. The van der Waals surface area contributed by atoms with E-state index in [1.807, 2.05) is 30.3 Å². The standard InChI is InChI=1S/C15H10BrCl2IO/c16-14(11-6-9(17)1-2-13(11)19)12-7-10(18)5-8-3-4-20-15(8)12/h1-2,5-7,14H,3-4H2. The minimum atomic E-state index is 0.0126. The lowest BCUT2D eigenvalue weighted by Gasteiger charge is -2.17. The monoisotopic (exact) mass is 482 g/mol. The number of ether oxygens (including phenoxy) is 1. The van der Waals surface area contributed by atoms with E-state index in [1.165, 1.54) is 5.56 Å². The number of rotatable bonds is 2. The van der Waals surface area contributed by atoms with Gasteiger partial charge in [-0.05, 0) is 64.0 Å². The lowest BCUT2D eigenvalue weighted by molar-refractivity contribution is 0.354. The highest BCUT2D eigenvalue weighted by molar-refractivity contribution is 14.1. The highest BCUT2D eigenvalue weighted by Crippen LogP contribution is 2.43. The summed E-state index contributed by atoms with van der Waals surface area (Å²) in [5, 5.41) is 1.47. The number of fused-ring (bicyclic) bond motifs is 1. The number of hydrogen-bond acceptors (Lipinski definition) is 1. The Morgan fingerprint density at radius 3 is 2.65 bits per heavy atom. The number of alkyl halides is 1. The minimum absolute atomic E-state index is 0.0126. The zero-order valence-corrected chi connectivity index (χ0v) is 15.6. The highest BCUT2D eigenvalue weighted by Gasteiger charge is 2.24. The topological polar surface area (TPSA) is 9.23 Å². The molecule has 1 nitrogen and oxygen atoms in total. The quantitative estimate of drug-likeness (QED) is 0.375. The van der Waals surface area contributed by atoms with Crippen molar-refractivity contribution < 1.29 is 4.74 Å². The molecule has 0 radical (unpaired) electrons. The van der Waals surface area contributed by atoms with E-state index in [0.717, 1.165) is 43.5 Å². The normalized spacial score (nSPS) is 14.8. The second-order valence-electron chi connectivity index (χ2n) is 4.61. The summed E-state index contributed by atoms with van der Waals surface area (Å²) < 4.78 is 6.93. The van der Waals surface area contributed by atoms with E-state index in [2.05, 4.69) is 38.5 Å². The van der Waals surface area contributed by atoms with Gasteiger partial charge in [0.15, 0.2) is 0 Å². The Kier molecular flexibility index (Phi) is 4.51. The molecule has 2 aromatic rings. The van der Waals surface area contributed by atoms with Gasteiger partial charge in [0, 0.05) is 25.6 Å². The number of halogens is 4. The van der Waals surface area contributed by atoms with Crippen LogP contribution >= 0.6 is 61.7 Å². The van der Waals surface area contributed by atoms with Crippen LogP contribution in [0.4, 0.5) is 0 Å². The molecule has 3 rings (SSSR count). The average Bonchev–Trinajstić information content (AvgIpc) is 2.87. The molecule has 0 fully saturated rings. The first-order valence-corrected chi connectivity index (χ1v) is 8.85. The summed E-state index contributed by atoms with van der Waals surface area (Å²) in [6.07, 6.45) is 0.912. The van der Waals surface area contributed by atoms with Gasteiger partial charge in [0.1, 0.15) is 5.75 Å². The van der Waals surface area contributed by atoms with Crippen LogP contribution in [-0.2, 0) is 6.42 Å². The van der Waals surface area contributed by atoms with Gasteiger partial charge in [-0.15, -0.1) is 0 Å². The largest absolute Gasteiger partial charge is 0.493 e. The molecule has 0 aliphatic carbocycles. The molecule has 0 aromatic heterocycles. The fourth-order valence-electron chi connectivity index (χ4n) is 2.36. The zero-order chi connectivity index (χ0) is 14.3. The van der Waals surface area contributed by atoms with Crippen LogP contribution in [-0.4, -0.2) is 6.61 Å². The Balaban J connectivity index is 2.11. The second kappa shape index (κ2) is 6.03. The molecule has 1 atom stereocenters. The van der Waals surface area contributed by atoms with Crippen molar-refractivity contribution in [2.24, 2.45) is 0 Å². The first-order valence-electron chi connectivity index (χ1n) is 6.10. The highest BCUT2D eigenvalue weighted by atomic mass is 127. The molecule has 0 N–H and O–H groups in total. The van der Waals surface area contributed by atoms with E-state index in [-0.39, 0.29) is 4.83 Å². The van der Waals surface area contributed by atoms with Crippen LogP contribution < -0.4 is 4.74 Å². The lowest BCUT2D eigenvalue weighted by atomic mass is 10.0. The molecule has 1 aliphatic heterocycles. The first-order chi connectivity index (χ1) is 9.56. The predicted octanol–water partition coefficient (Wildman–Crippen LogP) is 6.02. The summed E-state index contributed by atoms with van der Waals surface area (Å²) in [6, 6.07) is 9.83. The van der Waals surface area contributed by atoms with Gasteiger partial charge in [0.05, 0.1) is 11.4 Å². The lowest BCUT2D eigenvalue weighted by Crippen LogP contribution is -1.99. The van der Waals surface area contributed by atoms with Crippen molar-refractivity contribution in [2.75, 3.05) is 6.61 Å². The Morgan fingerprint density at radius 2 is 1.85 bits per heavy atom. The summed E-state index contributed by atoms with van der Waals surface area (Å²) in [6.45, 7) is 0.717. The molecule has 5 heteroatoms. The molecule has 0 saturated heterocycles. The maximum Gasteiger partial charge on any atom is 0.127 e. The van der Waals surface area contributed by atoms with Crippen LogP contribution in [0, 0.1) is 3.57 Å². The van der Waals surface area contributed by atoms with Crippen molar-refractivity contribution in [1.82, 2.24) is 0 Å². The average molecular weight is 484 g/mol. The Bertz CT molecular complexity index is 675. The Morgan fingerprint density at radius 1 is 1.10 bits per heavy atom. The number of benzene rings is 2. The van der Waals surface area contributed by atoms with Gasteiger partial charge >= 0.3 is 0 Å². The van der Waals surface area contributed by atoms with Crippen molar-refractivity contribution in [2.45, 2.75) is 11.2 Å². The summed E-state index contributed by atoms with van der Waals surface area (Å²) in [5.41, 5.74) is 3.36. The van der Waals surface area contributed by atoms with Crippen LogP contribution in [0.2, 0.25) is 10.0 Å². The van der Waals surface area contributed by atoms with E-state index in [9.17, 15) is 0 Å². The molecule has 104 valence electrons. The molecule has 2 aromatic carbocycles. The van der Waals surface area contributed by atoms with E-state index >= 15 is 0 Å². The van der Waals surface area contributed by atoms with E-state index in [1.54, 1.807) is 0 Å². The zero-order valence-electron chi connectivity index (χ0n) is 10.3. The third-order valence-corrected chi connectivity index (χ3v) is 5.70. The SMILES string of the molecule is Clc1ccc(I)c(C(Br)c2cc(Cl)cc3c2OCC3)c1. The molecule has 0 bridgehead atoms. The number of hydrogen-bond donors (Lipinski definition) is 0. The Labute approximate surface area is 149 Å². The fraction of sp³-hybridized carbons (Fsp3) is 0.200. The maximum absolute atomic E-state index is 6.23. The Hall–Kier alpha value is 0.0300. The molecule has 1 unspecified atom stereocenters. The van der Waals surface area contributed by atoms with Gasteiger partial charge in [-0.3, -0.25) is 0 Å². The third-order valence-electron chi connectivity index (χ3n) is 3.28. The smallest absolute Gasteiger partial charge is 0.127 e. The summed E-state index contributed by atoms with van der Waals surface area (Å²) in [5.74, 6) is 0.951. The van der Waals surface area contributed by atoms with Gasteiger partial charge in [-0.25, -0.2) is 0 Å². The van der Waals surface area contributed by atoms with Gasteiger partial charge in [0.25, 0.3) is 0 Å². The maximum atomic E-state index is 6.23. The van der Waals surface area contributed by atoms with Crippen LogP contribution in [0.5, 0.6) is 5.75 Å². The predicted molar refractivity (Wildman–Crippen MR) is 95.6 cm³/mol. The summed E-state index contributed by atoms with van der Waals surface area (Å²) in [7, 11) is 0. The second-order valence-corrected chi connectivity index (χ2v) is 7.56. The minimum Gasteiger partial charge on any atom is -0.493 e.